The molecule has 0 aromatic rings. The monoisotopic (exact) mass is 1560 g/mol. The first-order chi connectivity index (χ1) is 12.4. The van der Waals surface area contributed by atoms with Crippen LogP contribution in [-0.4, -0.2) is 17.2 Å². The smallest absolute Gasteiger partial charge is 0.183 e. The Morgan fingerprint density at radius 3 is 0.793 bits per heavy atom. The van der Waals surface area contributed by atoms with E-state index in [1.54, 1.807) is 0 Å². The Kier molecular flexibility index (Phi) is 17.2. The third-order valence-corrected chi connectivity index (χ3v) is 31.7. The van der Waals surface area contributed by atoms with Gasteiger partial charge in [-0.05, 0) is 63.7 Å². The Labute approximate surface area is 319 Å². The average molecular weight is 1570 g/mol. The van der Waals surface area contributed by atoms with Crippen molar-refractivity contribution < 1.29 is 4.74 Å². The molecule has 0 saturated carbocycles. The molecule has 0 fully saturated rings. The Hall–Kier alpha value is 7.92. The molecule has 0 spiro atoms. The highest BCUT2D eigenvalue weighted by Crippen LogP contribution is 2.67. The molecule has 0 unspecified atom stereocenters. The van der Waals surface area contributed by atoms with E-state index in [1.807, 2.05) is 0 Å². The van der Waals surface area contributed by atoms with Crippen LogP contribution in [0.3, 0.4) is 0 Å². The zero-order valence-corrected chi connectivity index (χ0v) is 40.8. The number of hydrogen-bond acceptors (Lipinski definition) is 1. The first-order valence-corrected chi connectivity index (χ1v) is 20.1. The predicted octanol–water partition coefficient (Wildman–Crippen LogP) is 14.5. The number of ether oxygens (including phenoxy) is 1. The molecule has 0 saturated heterocycles. The van der Waals surface area contributed by atoms with Crippen LogP contribution in [0.1, 0.15) is 0 Å². The molecule has 172 valence electrons. The van der Waals surface area contributed by atoms with Crippen molar-refractivity contribution in [1.82, 2.24) is 0 Å². The van der Waals surface area contributed by atoms with Crippen molar-refractivity contribution in [2.24, 2.45) is 0 Å². The minimum Gasteiger partial charge on any atom is -0.441 e. The summed E-state index contributed by atoms with van der Waals surface area (Å²) in [6.45, 7) is 0. The van der Waals surface area contributed by atoms with Gasteiger partial charge in [-0.3, -0.25) is 0 Å². The number of allylic oxidation sites excluding steroid dienone is 2. The minimum absolute atomic E-state index is 0.364. The van der Waals surface area contributed by atoms with E-state index >= 15 is 0 Å². The van der Waals surface area contributed by atoms with Crippen molar-refractivity contribution in [3.05, 3.63) is 18.3 Å². The molecule has 29 heavy (non-hydrogen) atoms. The van der Waals surface area contributed by atoms with Crippen molar-refractivity contribution in [3.8, 4) is 0 Å². The first-order valence-electron chi connectivity index (χ1n) is 5.81. The Morgan fingerprint density at radius 2 is 0.621 bits per heavy atom. The fraction of sp³-hybridized carbons (Fsp3) is 0.600. The van der Waals surface area contributed by atoms with E-state index in [0.717, 1.165) is 0 Å². The van der Waals surface area contributed by atoms with Crippen molar-refractivity contribution in [2.45, 2.75) is 17.2 Å². The van der Waals surface area contributed by atoms with Gasteiger partial charge in [-0.25, -0.2) is 0 Å². The second-order valence-electron chi connectivity index (χ2n) is 4.57. The first kappa shape index (κ1) is 36.9. The van der Waals surface area contributed by atoms with Crippen LogP contribution in [0, 0.1) is 0 Å². The lowest BCUT2D eigenvalue weighted by molar-refractivity contribution is 0.374. The second-order valence-corrected chi connectivity index (χ2v) is 34.9. The Bertz CT molecular complexity index is 618. The normalized spacial score (nSPS) is 17.0. The van der Waals surface area contributed by atoms with Crippen molar-refractivity contribution >= 4 is 287 Å². The molecule has 0 rings (SSSR count). The van der Waals surface area contributed by atoms with E-state index in [2.05, 4.69) is 287 Å². The maximum Gasteiger partial charge on any atom is 0.183 e. The van der Waals surface area contributed by atoms with E-state index in [0.29, 0.717) is 18.3 Å². The number of alkyl halides is 14. The van der Waals surface area contributed by atoms with Gasteiger partial charge < -0.3 is 4.74 Å². The molecule has 19 heteroatoms. The van der Waals surface area contributed by atoms with Gasteiger partial charge >= 0.3 is 0 Å². The molecular weight excluding hydrogens is 1570 g/mol. The topological polar surface area (TPSA) is 9.23 Å². The van der Waals surface area contributed by atoms with Crippen molar-refractivity contribution in [1.29, 1.82) is 0 Å². The third kappa shape index (κ3) is 8.96. The maximum atomic E-state index is 5.97. The largest absolute Gasteiger partial charge is 0.441 e. The molecule has 0 aromatic heterocycles. The molecule has 0 aliphatic heterocycles. The number of hydrogen-bond donors (Lipinski definition) is 0. The average Bonchev–Trinajstić information content (AvgIpc) is 2.50. The predicted molar refractivity (Wildman–Crippen MR) is 192 cm³/mol. The van der Waals surface area contributed by atoms with Gasteiger partial charge in [0.15, 0.2) is 13.6 Å². The van der Waals surface area contributed by atoms with Crippen LogP contribution < -0.4 is 0 Å². The van der Waals surface area contributed by atoms with E-state index in [-0.39, 0.29) is 0 Å². The summed E-state index contributed by atoms with van der Waals surface area (Å²) in [7, 11) is 0. The Balaban J connectivity index is 6.21. The molecule has 1 nitrogen and oxygen atoms in total. The van der Waals surface area contributed by atoms with E-state index in [4.69, 9.17) is 4.74 Å². The molecule has 0 aliphatic rings. The summed E-state index contributed by atoms with van der Waals surface area (Å²) in [5.41, 5.74) is 0. The van der Waals surface area contributed by atoms with Gasteiger partial charge in [-0.1, -0.05) is 223 Å². The summed E-state index contributed by atoms with van der Waals surface area (Å²) in [4.78, 5) is 0. The summed E-state index contributed by atoms with van der Waals surface area (Å²) < 4.78 is 2.91. The van der Waals surface area contributed by atoms with Crippen molar-refractivity contribution in [2.75, 3.05) is 0 Å². The molecule has 0 heterocycles. The molecule has 0 aromatic carbocycles. The minimum atomic E-state index is -0.896. The molecule has 0 radical (unpaired) electrons. The lowest BCUT2D eigenvalue weighted by Gasteiger charge is -2.41. The van der Waals surface area contributed by atoms with Crippen LogP contribution in [0.15, 0.2) is 18.3 Å². The van der Waals surface area contributed by atoms with Crippen LogP contribution in [-0.2, 0) is 4.74 Å². The molecular formula is C10Br18O. The van der Waals surface area contributed by atoms with Crippen LogP contribution >= 0.6 is 287 Å². The summed E-state index contributed by atoms with van der Waals surface area (Å²) in [6.07, 6.45) is 0. The summed E-state index contributed by atoms with van der Waals surface area (Å²) in [5, 5.41) is 0. The Morgan fingerprint density at radius 1 is 0.414 bits per heavy atom. The molecule has 0 N–H and O–H groups in total. The molecule has 0 bridgehead atoms. The van der Waals surface area contributed by atoms with Gasteiger partial charge in [0.2, 0.25) is 0 Å². The van der Waals surface area contributed by atoms with Crippen LogP contribution in [0.5, 0.6) is 0 Å². The van der Waals surface area contributed by atoms with E-state index in [9.17, 15) is 0 Å². The summed E-state index contributed by atoms with van der Waals surface area (Å²) in [5.74, 6) is 0. The lowest BCUT2D eigenvalue weighted by Crippen LogP contribution is -2.45. The zero-order valence-electron chi connectivity index (χ0n) is 12.2. The van der Waals surface area contributed by atoms with Crippen molar-refractivity contribution in [3.63, 3.8) is 0 Å². The van der Waals surface area contributed by atoms with Crippen LogP contribution in [0.25, 0.3) is 0 Å². The zero-order chi connectivity index (χ0) is 24.0. The van der Waals surface area contributed by atoms with Gasteiger partial charge in [0, 0.05) is 0 Å². The molecule has 0 atom stereocenters. The maximum absolute atomic E-state index is 5.97. The third-order valence-electron chi connectivity index (χ3n) is 2.58. The highest BCUT2D eigenvalue weighted by molar-refractivity contribution is 9.42. The van der Waals surface area contributed by atoms with E-state index < -0.39 is 17.2 Å². The fourth-order valence-electron chi connectivity index (χ4n) is 1.05. The van der Waals surface area contributed by atoms with Crippen LogP contribution in [0.2, 0.25) is 0 Å². The standard InChI is InChI=1S/C10Br18O/c11-1(5(15,16)7(19,20)9(23,24)25)3(13)29-4(14)2(12)6(17,18)8(21,22)10(26,27)28. The van der Waals surface area contributed by atoms with Crippen LogP contribution in [0.4, 0.5) is 0 Å². The lowest BCUT2D eigenvalue weighted by atomic mass is 10.3. The SMILES string of the molecule is BrC(OC(Br)=C(Br)C(Br)(Br)C(Br)(Br)C(Br)(Br)Br)=C(Br)C(Br)(Br)C(Br)(Br)C(Br)(Br)Br. The fourth-order valence-corrected chi connectivity index (χ4v) is 12.7. The van der Waals surface area contributed by atoms with Gasteiger partial charge in [-0.2, -0.15) is 0 Å². The number of halogens is 18. The highest BCUT2D eigenvalue weighted by Gasteiger charge is 2.60. The quantitative estimate of drug-likeness (QED) is 0.190. The van der Waals surface area contributed by atoms with Gasteiger partial charge in [0.05, 0.1) is 8.96 Å². The van der Waals surface area contributed by atoms with Gasteiger partial charge in [0.1, 0.15) is 12.9 Å². The van der Waals surface area contributed by atoms with Gasteiger partial charge in [0.25, 0.3) is 0 Å². The highest BCUT2D eigenvalue weighted by atomic mass is 80.0. The molecule has 0 aliphatic carbocycles. The van der Waals surface area contributed by atoms with Gasteiger partial charge in [-0.15, -0.1) is 0 Å². The van der Waals surface area contributed by atoms with E-state index in [1.165, 1.54) is 0 Å². The summed E-state index contributed by atoms with van der Waals surface area (Å²) >= 11 is 64.3. The number of rotatable bonds is 6. The summed E-state index contributed by atoms with van der Waals surface area (Å²) in [6, 6.07) is 0. The second kappa shape index (κ2) is 13.5. The molecule has 0 amide bonds.